The molecule has 114 valence electrons. The molecule has 6 nitrogen and oxygen atoms in total. The van der Waals surface area contributed by atoms with Gasteiger partial charge < -0.3 is 19.9 Å². The first-order valence-corrected chi connectivity index (χ1v) is 6.47. The van der Waals surface area contributed by atoms with E-state index in [9.17, 15) is 9.59 Å². The van der Waals surface area contributed by atoms with E-state index in [-0.39, 0.29) is 18.9 Å². The van der Waals surface area contributed by atoms with Crippen LogP contribution in [0.2, 0.25) is 5.02 Å². The largest absolute Gasteiger partial charge is 0.493 e. The van der Waals surface area contributed by atoms with Crippen LogP contribution < -0.4 is 14.8 Å². The summed E-state index contributed by atoms with van der Waals surface area (Å²) in [6.45, 7) is 0.131. The molecule has 7 heteroatoms. The fraction of sp³-hybridized carbons (Fsp3) is 0.286. The number of aliphatic carboxylic acids is 1. The zero-order valence-corrected chi connectivity index (χ0v) is 12.4. The molecule has 0 aliphatic heterocycles. The van der Waals surface area contributed by atoms with Crippen molar-refractivity contribution in [3.8, 4) is 11.5 Å². The third-order valence-corrected chi connectivity index (χ3v) is 2.75. The fourth-order valence-corrected chi connectivity index (χ4v) is 1.77. The second-order valence-electron chi connectivity index (χ2n) is 3.97. The van der Waals surface area contributed by atoms with Crippen LogP contribution in [0.3, 0.4) is 0 Å². The molecule has 2 N–H and O–H groups in total. The van der Waals surface area contributed by atoms with Crippen molar-refractivity contribution >= 4 is 29.6 Å². The van der Waals surface area contributed by atoms with Gasteiger partial charge in [0, 0.05) is 29.8 Å². The molecule has 0 aromatic heterocycles. The summed E-state index contributed by atoms with van der Waals surface area (Å²) in [6, 6.07) is 3.10. The van der Waals surface area contributed by atoms with E-state index in [1.54, 1.807) is 12.1 Å². The van der Waals surface area contributed by atoms with Crippen LogP contribution in [0, 0.1) is 0 Å². The van der Waals surface area contributed by atoms with Crippen molar-refractivity contribution in [3.63, 3.8) is 0 Å². The molecule has 0 atom stereocenters. The Morgan fingerprint density at radius 1 is 1.43 bits per heavy atom. The Labute approximate surface area is 127 Å². The summed E-state index contributed by atoms with van der Waals surface area (Å²) >= 11 is 5.94. The standard InChI is InChI=1S/C14H16ClNO5/c1-16-12(17)5-6-21-14-9(3-4-13(18)19)7-10(15)8-11(14)20-2/h3-4,7-8H,5-6H2,1-2H3,(H,16,17)(H,18,19)/b4-3+. The molecule has 0 unspecified atom stereocenters. The van der Waals surface area contributed by atoms with Crippen LogP contribution in [0.5, 0.6) is 11.5 Å². The lowest BCUT2D eigenvalue weighted by Crippen LogP contribution is -2.20. The van der Waals surface area contributed by atoms with Crippen molar-refractivity contribution < 1.29 is 24.2 Å². The highest BCUT2D eigenvalue weighted by Gasteiger charge is 2.12. The number of carboxylic acids is 1. The molecule has 1 aromatic carbocycles. The summed E-state index contributed by atoms with van der Waals surface area (Å²) in [7, 11) is 2.98. The topological polar surface area (TPSA) is 84.9 Å². The van der Waals surface area contributed by atoms with E-state index >= 15 is 0 Å². The first-order chi connectivity index (χ1) is 9.97. The molecule has 0 radical (unpaired) electrons. The van der Waals surface area contributed by atoms with E-state index in [2.05, 4.69) is 5.32 Å². The van der Waals surface area contributed by atoms with Crippen molar-refractivity contribution in [2.24, 2.45) is 0 Å². The number of carbonyl (C=O) groups excluding carboxylic acids is 1. The predicted molar refractivity (Wildman–Crippen MR) is 78.9 cm³/mol. The highest BCUT2D eigenvalue weighted by molar-refractivity contribution is 6.31. The van der Waals surface area contributed by atoms with Gasteiger partial charge in [0.25, 0.3) is 0 Å². The average Bonchev–Trinajstić information content (AvgIpc) is 2.45. The lowest BCUT2D eigenvalue weighted by atomic mass is 10.1. The molecule has 0 spiro atoms. The number of nitrogens with one attached hydrogen (secondary N) is 1. The Morgan fingerprint density at radius 3 is 2.71 bits per heavy atom. The van der Waals surface area contributed by atoms with E-state index in [0.717, 1.165) is 6.08 Å². The van der Waals surface area contributed by atoms with E-state index in [0.29, 0.717) is 22.1 Å². The Balaban J connectivity index is 3.01. The van der Waals surface area contributed by atoms with Crippen molar-refractivity contribution in [3.05, 3.63) is 28.8 Å². The minimum absolute atomic E-state index is 0.131. The van der Waals surface area contributed by atoms with Gasteiger partial charge in [-0.2, -0.15) is 0 Å². The minimum atomic E-state index is -1.09. The zero-order valence-electron chi connectivity index (χ0n) is 11.7. The van der Waals surface area contributed by atoms with Gasteiger partial charge in [-0.25, -0.2) is 4.79 Å². The summed E-state index contributed by atoms with van der Waals surface area (Å²) in [4.78, 5) is 21.8. The molecule has 1 aromatic rings. The summed E-state index contributed by atoms with van der Waals surface area (Å²) in [5, 5.41) is 11.6. The van der Waals surface area contributed by atoms with Crippen molar-refractivity contribution in [1.29, 1.82) is 0 Å². The maximum absolute atomic E-state index is 11.2. The van der Waals surface area contributed by atoms with Gasteiger partial charge in [-0.15, -0.1) is 0 Å². The third-order valence-electron chi connectivity index (χ3n) is 2.53. The number of rotatable bonds is 7. The van der Waals surface area contributed by atoms with E-state index in [4.69, 9.17) is 26.2 Å². The van der Waals surface area contributed by atoms with Gasteiger partial charge >= 0.3 is 5.97 Å². The second kappa shape index (κ2) is 8.16. The van der Waals surface area contributed by atoms with Gasteiger partial charge in [0.05, 0.1) is 20.1 Å². The molecule has 0 heterocycles. The van der Waals surface area contributed by atoms with Gasteiger partial charge in [-0.1, -0.05) is 11.6 Å². The van der Waals surface area contributed by atoms with Crippen molar-refractivity contribution in [2.45, 2.75) is 6.42 Å². The number of carbonyl (C=O) groups is 2. The molecule has 1 amide bonds. The monoisotopic (exact) mass is 313 g/mol. The Hall–Kier alpha value is -2.21. The Kier molecular flexibility index (Phi) is 6.55. The SMILES string of the molecule is CNC(=O)CCOc1c(/C=C/C(=O)O)cc(Cl)cc1OC. The highest BCUT2D eigenvalue weighted by atomic mass is 35.5. The second-order valence-corrected chi connectivity index (χ2v) is 4.41. The maximum Gasteiger partial charge on any atom is 0.328 e. The molecular weight excluding hydrogens is 298 g/mol. The average molecular weight is 314 g/mol. The summed E-state index contributed by atoms with van der Waals surface area (Å²) < 4.78 is 10.7. The number of carboxylic acid groups (broad SMARTS) is 1. The third kappa shape index (κ3) is 5.35. The number of ether oxygens (including phenoxy) is 2. The van der Waals surface area contributed by atoms with Gasteiger partial charge in [-0.3, -0.25) is 4.79 Å². The maximum atomic E-state index is 11.2. The number of methoxy groups -OCH3 is 1. The number of hydrogen-bond acceptors (Lipinski definition) is 4. The van der Waals surface area contributed by atoms with Crippen LogP contribution in [0.4, 0.5) is 0 Å². The quantitative estimate of drug-likeness (QED) is 0.752. The Morgan fingerprint density at radius 2 is 2.14 bits per heavy atom. The predicted octanol–water partition coefficient (Wildman–Crippen LogP) is 1.96. The molecule has 1 rings (SSSR count). The summed E-state index contributed by atoms with van der Waals surface area (Å²) in [6.07, 6.45) is 2.49. The number of halogens is 1. The van der Waals surface area contributed by atoms with Crippen LogP contribution in [0.15, 0.2) is 18.2 Å². The van der Waals surface area contributed by atoms with Crippen LogP contribution in [0.25, 0.3) is 6.08 Å². The van der Waals surface area contributed by atoms with Gasteiger partial charge in [0.1, 0.15) is 0 Å². The van der Waals surface area contributed by atoms with Crippen LogP contribution in [-0.4, -0.2) is 37.7 Å². The first kappa shape index (κ1) is 16.8. The molecule has 0 aliphatic carbocycles. The normalized spacial score (nSPS) is 10.4. The minimum Gasteiger partial charge on any atom is -0.493 e. The lowest BCUT2D eigenvalue weighted by molar-refractivity contribution is -0.131. The van der Waals surface area contributed by atoms with Crippen molar-refractivity contribution in [2.75, 3.05) is 20.8 Å². The van der Waals surface area contributed by atoms with Crippen LogP contribution in [-0.2, 0) is 9.59 Å². The molecule has 21 heavy (non-hydrogen) atoms. The van der Waals surface area contributed by atoms with E-state index in [1.807, 2.05) is 0 Å². The summed E-state index contributed by atoms with van der Waals surface area (Å²) in [5.74, 6) is -0.552. The molecule has 0 aliphatic rings. The number of hydrogen-bond donors (Lipinski definition) is 2. The summed E-state index contributed by atoms with van der Waals surface area (Å²) in [5.41, 5.74) is 0.457. The Bertz CT molecular complexity index is 557. The van der Waals surface area contributed by atoms with E-state index in [1.165, 1.54) is 20.2 Å². The molecule has 0 saturated heterocycles. The smallest absolute Gasteiger partial charge is 0.328 e. The van der Waals surface area contributed by atoms with Crippen LogP contribution >= 0.6 is 11.6 Å². The number of benzene rings is 1. The first-order valence-electron chi connectivity index (χ1n) is 6.09. The van der Waals surface area contributed by atoms with Gasteiger partial charge in [-0.05, 0) is 12.1 Å². The fourth-order valence-electron chi connectivity index (χ4n) is 1.55. The van der Waals surface area contributed by atoms with E-state index < -0.39 is 5.97 Å². The molecule has 0 saturated carbocycles. The lowest BCUT2D eigenvalue weighted by Gasteiger charge is -2.14. The number of amides is 1. The van der Waals surface area contributed by atoms with Crippen molar-refractivity contribution in [1.82, 2.24) is 5.32 Å². The molecule has 0 bridgehead atoms. The zero-order chi connectivity index (χ0) is 15.8. The highest BCUT2D eigenvalue weighted by Crippen LogP contribution is 2.35. The van der Waals surface area contributed by atoms with Crippen LogP contribution in [0.1, 0.15) is 12.0 Å². The molecular formula is C14H16ClNO5. The molecule has 0 fully saturated rings. The van der Waals surface area contributed by atoms with Gasteiger partial charge in [0.15, 0.2) is 11.5 Å². The van der Waals surface area contributed by atoms with Gasteiger partial charge in [0.2, 0.25) is 5.91 Å².